The number of carbonyl (C=O) groups excluding carboxylic acids is 1. The number of hydrogen-bond acceptors (Lipinski definition) is 2. The second kappa shape index (κ2) is 6.55. The van der Waals surface area contributed by atoms with Gasteiger partial charge in [-0.1, -0.05) is 18.2 Å². The van der Waals surface area contributed by atoms with E-state index in [0.29, 0.717) is 23.4 Å². The number of nitrogens with one attached hydrogen (secondary N) is 2. The standard InChI is InChI=1S/C19H19FN4O/c20-13-9-10-15-16(12-13)23-18(22-15)17-8-4-5-11-24(17)19(25)21-14-6-2-1-3-7-14/h1-3,6-7,9-10,12,17H,4-5,8,11H2,(H,21,25)(H,22,23)/t17-/m1/s1. The lowest BCUT2D eigenvalue weighted by atomic mass is 10.0. The van der Waals surface area contributed by atoms with Crippen molar-refractivity contribution in [1.82, 2.24) is 14.9 Å². The fraction of sp³-hybridized carbons (Fsp3) is 0.263. The number of rotatable bonds is 2. The van der Waals surface area contributed by atoms with Gasteiger partial charge in [-0.05, 0) is 49.6 Å². The summed E-state index contributed by atoms with van der Waals surface area (Å²) in [5, 5.41) is 2.94. The first kappa shape index (κ1) is 15.6. The number of amides is 2. The maximum atomic E-state index is 13.4. The number of para-hydroxylation sites is 1. The Kier molecular flexibility index (Phi) is 4.09. The minimum Gasteiger partial charge on any atom is -0.340 e. The second-order valence-corrected chi connectivity index (χ2v) is 6.28. The van der Waals surface area contributed by atoms with Crippen molar-refractivity contribution in [3.63, 3.8) is 0 Å². The number of nitrogens with zero attached hydrogens (tertiary/aromatic N) is 2. The zero-order chi connectivity index (χ0) is 17.2. The van der Waals surface area contributed by atoms with E-state index in [1.54, 1.807) is 6.07 Å². The number of anilines is 1. The number of H-pyrrole nitrogens is 1. The maximum Gasteiger partial charge on any atom is 0.322 e. The zero-order valence-electron chi connectivity index (χ0n) is 13.7. The van der Waals surface area contributed by atoms with Crippen molar-refractivity contribution in [2.45, 2.75) is 25.3 Å². The van der Waals surface area contributed by atoms with Crippen LogP contribution < -0.4 is 5.32 Å². The number of urea groups is 1. The van der Waals surface area contributed by atoms with Crippen LogP contribution >= 0.6 is 0 Å². The Hall–Kier alpha value is -2.89. The summed E-state index contributed by atoms with van der Waals surface area (Å²) in [6.07, 6.45) is 2.84. The van der Waals surface area contributed by atoms with E-state index in [2.05, 4.69) is 15.3 Å². The molecule has 2 aromatic carbocycles. The van der Waals surface area contributed by atoms with Crippen molar-refractivity contribution < 1.29 is 9.18 Å². The molecule has 1 aliphatic rings. The predicted molar refractivity (Wildman–Crippen MR) is 94.8 cm³/mol. The van der Waals surface area contributed by atoms with Crippen molar-refractivity contribution >= 4 is 22.8 Å². The molecule has 1 aromatic heterocycles. The third-order valence-corrected chi connectivity index (χ3v) is 4.57. The highest BCUT2D eigenvalue weighted by atomic mass is 19.1. The summed E-state index contributed by atoms with van der Waals surface area (Å²) in [4.78, 5) is 22.3. The number of carbonyl (C=O) groups is 1. The molecular weight excluding hydrogens is 319 g/mol. The van der Waals surface area contributed by atoms with Crippen LogP contribution in [0.5, 0.6) is 0 Å². The lowest BCUT2D eigenvalue weighted by Crippen LogP contribution is -2.41. The largest absolute Gasteiger partial charge is 0.340 e. The normalized spacial score (nSPS) is 17.6. The lowest BCUT2D eigenvalue weighted by Gasteiger charge is -2.34. The molecule has 2 amide bonds. The van der Waals surface area contributed by atoms with Gasteiger partial charge in [0, 0.05) is 12.2 Å². The van der Waals surface area contributed by atoms with Gasteiger partial charge in [-0.25, -0.2) is 14.2 Å². The molecule has 2 N–H and O–H groups in total. The minimum atomic E-state index is -0.301. The number of benzene rings is 2. The van der Waals surface area contributed by atoms with Gasteiger partial charge < -0.3 is 15.2 Å². The smallest absolute Gasteiger partial charge is 0.322 e. The summed E-state index contributed by atoms with van der Waals surface area (Å²) in [6.45, 7) is 0.675. The van der Waals surface area contributed by atoms with E-state index in [9.17, 15) is 9.18 Å². The van der Waals surface area contributed by atoms with Gasteiger partial charge in [0.15, 0.2) is 0 Å². The number of halogens is 1. The third-order valence-electron chi connectivity index (χ3n) is 4.57. The monoisotopic (exact) mass is 338 g/mol. The number of likely N-dealkylation sites (tertiary alicyclic amines) is 1. The van der Waals surface area contributed by atoms with Crippen LogP contribution in [0.4, 0.5) is 14.9 Å². The van der Waals surface area contributed by atoms with Gasteiger partial charge in [-0.3, -0.25) is 0 Å². The summed E-state index contributed by atoms with van der Waals surface area (Å²) in [6, 6.07) is 13.6. The molecule has 0 radical (unpaired) electrons. The Morgan fingerprint density at radius 1 is 1.20 bits per heavy atom. The predicted octanol–water partition coefficient (Wildman–Crippen LogP) is 4.46. The van der Waals surface area contributed by atoms with E-state index in [-0.39, 0.29) is 17.9 Å². The van der Waals surface area contributed by atoms with Crippen LogP contribution in [0.2, 0.25) is 0 Å². The van der Waals surface area contributed by atoms with Gasteiger partial charge in [-0.2, -0.15) is 0 Å². The Morgan fingerprint density at radius 2 is 2.04 bits per heavy atom. The van der Waals surface area contributed by atoms with Crippen LogP contribution in [0.25, 0.3) is 11.0 Å². The first-order chi connectivity index (χ1) is 12.2. The maximum absolute atomic E-state index is 13.4. The highest BCUT2D eigenvalue weighted by molar-refractivity contribution is 5.89. The van der Waals surface area contributed by atoms with Gasteiger partial charge >= 0.3 is 6.03 Å². The van der Waals surface area contributed by atoms with E-state index in [4.69, 9.17) is 0 Å². The average molecular weight is 338 g/mol. The van der Waals surface area contributed by atoms with Crippen molar-refractivity contribution in [2.24, 2.45) is 0 Å². The SMILES string of the molecule is O=C(Nc1ccccc1)N1CCCC[C@@H]1c1nc2ccc(F)cc2[nH]1. The topological polar surface area (TPSA) is 61.0 Å². The van der Waals surface area contributed by atoms with Crippen LogP contribution in [0.15, 0.2) is 48.5 Å². The Labute approximate surface area is 144 Å². The van der Waals surface area contributed by atoms with Crippen LogP contribution in [0.3, 0.4) is 0 Å². The molecule has 25 heavy (non-hydrogen) atoms. The van der Waals surface area contributed by atoms with Crippen molar-refractivity contribution in [2.75, 3.05) is 11.9 Å². The number of imidazole rings is 1. The molecule has 3 aromatic rings. The number of aromatic amines is 1. The summed E-state index contributed by atoms with van der Waals surface area (Å²) >= 11 is 0. The van der Waals surface area contributed by atoms with E-state index in [1.165, 1.54) is 12.1 Å². The summed E-state index contributed by atoms with van der Waals surface area (Å²) in [7, 11) is 0. The van der Waals surface area contributed by atoms with E-state index < -0.39 is 0 Å². The molecule has 4 rings (SSSR count). The molecule has 0 aliphatic carbocycles. The fourth-order valence-electron chi connectivity index (χ4n) is 3.34. The molecule has 6 heteroatoms. The van der Waals surface area contributed by atoms with Crippen LogP contribution in [-0.4, -0.2) is 27.4 Å². The lowest BCUT2D eigenvalue weighted by molar-refractivity contribution is 0.160. The van der Waals surface area contributed by atoms with Gasteiger partial charge in [0.05, 0.1) is 17.1 Å². The molecular formula is C19H19FN4O. The van der Waals surface area contributed by atoms with Gasteiger partial charge in [0.25, 0.3) is 0 Å². The Morgan fingerprint density at radius 3 is 2.88 bits per heavy atom. The summed E-state index contributed by atoms with van der Waals surface area (Å²) < 4.78 is 13.4. The molecule has 0 unspecified atom stereocenters. The Bertz CT molecular complexity index is 893. The molecule has 1 saturated heterocycles. The molecule has 2 heterocycles. The van der Waals surface area contributed by atoms with E-state index >= 15 is 0 Å². The van der Waals surface area contributed by atoms with Crippen LogP contribution in [0, 0.1) is 5.82 Å². The number of hydrogen-bond donors (Lipinski definition) is 2. The molecule has 0 saturated carbocycles. The highest BCUT2D eigenvalue weighted by Crippen LogP contribution is 2.31. The summed E-state index contributed by atoms with van der Waals surface area (Å²) in [5.41, 5.74) is 2.14. The minimum absolute atomic E-state index is 0.132. The quantitative estimate of drug-likeness (QED) is 0.724. The zero-order valence-corrected chi connectivity index (χ0v) is 13.7. The van der Waals surface area contributed by atoms with Gasteiger partial charge in [0.1, 0.15) is 11.6 Å². The van der Waals surface area contributed by atoms with Gasteiger partial charge in [-0.15, -0.1) is 0 Å². The summed E-state index contributed by atoms with van der Waals surface area (Å²) in [5.74, 6) is 0.411. The third kappa shape index (κ3) is 3.20. The van der Waals surface area contributed by atoms with E-state index in [0.717, 1.165) is 24.9 Å². The second-order valence-electron chi connectivity index (χ2n) is 6.28. The molecule has 5 nitrogen and oxygen atoms in total. The molecule has 128 valence electrons. The number of aromatic nitrogens is 2. The van der Waals surface area contributed by atoms with Crippen LogP contribution in [0.1, 0.15) is 31.1 Å². The average Bonchev–Trinajstić information content (AvgIpc) is 3.05. The van der Waals surface area contributed by atoms with E-state index in [1.807, 2.05) is 35.2 Å². The molecule has 0 spiro atoms. The Balaban J connectivity index is 1.60. The van der Waals surface area contributed by atoms with Crippen molar-refractivity contribution in [1.29, 1.82) is 0 Å². The van der Waals surface area contributed by atoms with Crippen molar-refractivity contribution in [3.05, 3.63) is 60.2 Å². The van der Waals surface area contributed by atoms with Gasteiger partial charge in [0.2, 0.25) is 0 Å². The molecule has 1 atom stereocenters. The highest BCUT2D eigenvalue weighted by Gasteiger charge is 2.30. The molecule has 1 aliphatic heterocycles. The fourth-order valence-corrected chi connectivity index (χ4v) is 3.34. The first-order valence-corrected chi connectivity index (χ1v) is 8.48. The number of piperidine rings is 1. The van der Waals surface area contributed by atoms with Crippen LogP contribution in [-0.2, 0) is 0 Å². The number of fused-ring (bicyclic) bond motifs is 1. The van der Waals surface area contributed by atoms with Crippen molar-refractivity contribution in [3.8, 4) is 0 Å². The molecule has 1 fully saturated rings. The first-order valence-electron chi connectivity index (χ1n) is 8.48. The molecule has 0 bridgehead atoms.